The van der Waals surface area contributed by atoms with Crippen LogP contribution in [0.15, 0.2) is 53.0 Å². The molecule has 0 unspecified atom stereocenters. The second-order valence-electron chi connectivity index (χ2n) is 4.04. The Balaban J connectivity index is 2.14. The van der Waals surface area contributed by atoms with Crippen molar-refractivity contribution in [1.82, 2.24) is 0 Å². The zero-order valence-corrected chi connectivity index (χ0v) is 11.6. The second kappa shape index (κ2) is 5.66. The van der Waals surface area contributed by atoms with Crippen LogP contribution in [-0.2, 0) is 6.18 Å². The van der Waals surface area contributed by atoms with Crippen molar-refractivity contribution in [1.29, 1.82) is 0 Å². The molecule has 0 heterocycles. The van der Waals surface area contributed by atoms with Crippen molar-refractivity contribution in [2.75, 3.05) is 5.32 Å². The van der Waals surface area contributed by atoms with Gasteiger partial charge in [-0.3, -0.25) is 4.79 Å². The normalized spacial score (nSPS) is 11.2. The van der Waals surface area contributed by atoms with Gasteiger partial charge in [0.15, 0.2) is 0 Å². The molecule has 1 N–H and O–H groups in total. The zero-order valence-electron chi connectivity index (χ0n) is 10.0. The molecule has 0 aliphatic rings. The smallest absolute Gasteiger partial charge is 0.322 e. The third kappa shape index (κ3) is 3.60. The fraction of sp³-hybridized carbons (Fsp3) is 0.0714. The first-order valence-corrected chi connectivity index (χ1v) is 6.40. The second-order valence-corrected chi connectivity index (χ2v) is 4.96. The maximum atomic E-state index is 12.4. The molecular weight excluding hydrogens is 335 g/mol. The predicted molar refractivity (Wildman–Crippen MR) is 73.5 cm³/mol. The van der Waals surface area contributed by atoms with Crippen molar-refractivity contribution in [3.05, 3.63) is 64.1 Å². The Morgan fingerprint density at radius 2 is 1.70 bits per heavy atom. The molecule has 0 bridgehead atoms. The van der Waals surface area contributed by atoms with Crippen LogP contribution in [0, 0.1) is 0 Å². The lowest BCUT2D eigenvalue weighted by atomic mass is 10.1. The number of halogens is 4. The number of anilines is 1. The highest BCUT2D eigenvalue weighted by atomic mass is 79.9. The molecule has 0 aliphatic carbocycles. The number of rotatable bonds is 2. The summed E-state index contributed by atoms with van der Waals surface area (Å²) in [4.78, 5) is 11.9. The van der Waals surface area contributed by atoms with E-state index >= 15 is 0 Å². The maximum Gasteiger partial charge on any atom is 0.416 e. The van der Waals surface area contributed by atoms with E-state index in [9.17, 15) is 18.0 Å². The lowest BCUT2D eigenvalue weighted by molar-refractivity contribution is -0.137. The van der Waals surface area contributed by atoms with Gasteiger partial charge in [-0.1, -0.05) is 22.0 Å². The van der Waals surface area contributed by atoms with E-state index in [0.29, 0.717) is 5.69 Å². The van der Waals surface area contributed by atoms with Gasteiger partial charge in [0.2, 0.25) is 0 Å². The standard InChI is InChI=1S/C14H9BrF3NO/c15-11-2-1-3-12(8-11)19-13(20)9-4-6-10(7-5-9)14(16,17)18/h1-8H,(H,19,20). The van der Waals surface area contributed by atoms with Crippen LogP contribution in [0.25, 0.3) is 0 Å². The van der Waals surface area contributed by atoms with Crippen molar-refractivity contribution in [2.24, 2.45) is 0 Å². The fourth-order valence-corrected chi connectivity index (χ4v) is 1.98. The van der Waals surface area contributed by atoms with Crippen molar-refractivity contribution in [3.63, 3.8) is 0 Å². The Morgan fingerprint density at radius 3 is 2.25 bits per heavy atom. The molecule has 0 spiro atoms. The molecule has 2 aromatic rings. The van der Waals surface area contributed by atoms with Gasteiger partial charge in [-0.05, 0) is 42.5 Å². The number of amides is 1. The molecule has 6 heteroatoms. The Bertz CT molecular complexity index is 623. The number of hydrogen-bond donors (Lipinski definition) is 1. The molecule has 2 rings (SSSR count). The third-order valence-corrected chi connectivity index (χ3v) is 3.05. The van der Waals surface area contributed by atoms with E-state index in [2.05, 4.69) is 21.2 Å². The molecule has 0 aliphatic heterocycles. The van der Waals surface area contributed by atoms with Gasteiger partial charge in [-0.25, -0.2) is 0 Å². The lowest BCUT2D eigenvalue weighted by Crippen LogP contribution is -2.12. The first-order chi connectivity index (χ1) is 9.36. The van der Waals surface area contributed by atoms with Crippen LogP contribution in [-0.4, -0.2) is 5.91 Å². The predicted octanol–water partition coefficient (Wildman–Crippen LogP) is 4.72. The van der Waals surface area contributed by atoms with Crippen molar-refractivity contribution in [2.45, 2.75) is 6.18 Å². The van der Waals surface area contributed by atoms with Crippen LogP contribution in [0.2, 0.25) is 0 Å². The molecule has 2 aromatic carbocycles. The van der Waals surface area contributed by atoms with E-state index in [0.717, 1.165) is 28.7 Å². The van der Waals surface area contributed by atoms with E-state index in [-0.39, 0.29) is 5.56 Å². The molecule has 0 atom stereocenters. The molecule has 20 heavy (non-hydrogen) atoms. The first-order valence-electron chi connectivity index (χ1n) is 5.60. The molecule has 0 saturated heterocycles. The minimum Gasteiger partial charge on any atom is -0.322 e. The van der Waals surface area contributed by atoms with Crippen LogP contribution in [0.5, 0.6) is 0 Å². The van der Waals surface area contributed by atoms with Crippen LogP contribution in [0.1, 0.15) is 15.9 Å². The van der Waals surface area contributed by atoms with Gasteiger partial charge in [-0.2, -0.15) is 13.2 Å². The molecule has 0 aromatic heterocycles. The summed E-state index contributed by atoms with van der Waals surface area (Å²) in [6, 6.07) is 11.0. The van der Waals surface area contributed by atoms with Crippen molar-refractivity contribution in [3.8, 4) is 0 Å². The highest BCUT2D eigenvalue weighted by Gasteiger charge is 2.30. The summed E-state index contributed by atoms with van der Waals surface area (Å²) < 4.78 is 38.0. The van der Waals surface area contributed by atoms with Crippen molar-refractivity contribution >= 4 is 27.5 Å². The summed E-state index contributed by atoms with van der Waals surface area (Å²) in [5.41, 5.74) is -0.0567. The molecule has 104 valence electrons. The van der Waals surface area contributed by atoms with Crippen LogP contribution < -0.4 is 5.32 Å². The van der Waals surface area contributed by atoms with E-state index in [4.69, 9.17) is 0 Å². The minimum absolute atomic E-state index is 0.165. The number of carbonyl (C=O) groups excluding carboxylic acids is 1. The number of hydrogen-bond acceptors (Lipinski definition) is 1. The Kier molecular flexibility index (Phi) is 4.13. The van der Waals surface area contributed by atoms with Gasteiger partial charge in [0, 0.05) is 15.7 Å². The Morgan fingerprint density at radius 1 is 1.05 bits per heavy atom. The number of alkyl halides is 3. The number of benzene rings is 2. The molecule has 0 saturated carbocycles. The highest BCUT2D eigenvalue weighted by molar-refractivity contribution is 9.10. The zero-order chi connectivity index (χ0) is 14.8. The molecule has 2 nitrogen and oxygen atoms in total. The molecular formula is C14H9BrF3NO. The maximum absolute atomic E-state index is 12.4. The van der Waals surface area contributed by atoms with Gasteiger partial charge in [0.1, 0.15) is 0 Å². The topological polar surface area (TPSA) is 29.1 Å². The quantitative estimate of drug-likeness (QED) is 0.839. The summed E-state index contributed by atoms with van der Waals surface area (Å²) in [5, 5.41) is 2.61. The van der Waals surface area contributed by atoms with Crippen LogP contribution >= 0.6 is 15.9 Å². The van der Waals surface area contributed by atoms with E-state index in [1.165, 1.54) is 0 Å². The van der Waals surface area contributed by atoms with Crippen LogP contribution in [0.3, 0.4) is 0 Å². The minimum atomic E-state index is -4.40. The SMILES string of the molecule is O=C(Nc1cccc(Br)c1)c1ccc(C(F)(F)F)cc1. The third-order valence-electron chi connectivity index (χ3n) is 2.56. The molecule has 0 radical (unpaired) electrons. The Hall–Kier alpha value is -1.82. The molecule has 0 fully saturated rings. The average molecular weight is 344 g/mol. The van der Waals surface area contributed by atoms with Gasteiger partial charge >= 0.3 is 6.18 Å². The van der Waals surface area contributed by atoms with E-state index in [1.54, 1.807) is 24.3 Å². The Labute approximate surface area is 121 Å². The summed E-state index contributed by atoms with van der Waals surface area (Å²) in [6.07, 6.45) is -4.40. The number of nitrogens with one attached hydrogen (secondary N) is 1. The van der Waals surface area contributed by atoms with Gasteiger partial charge in [-0.15, -0.1) is 0 Å². The van der Waals surface area contributed by atoms with Gasteiger partial charge in [0.25, 0.3) is 5.91 Å². The monoisotopic (exact) mass is 343 g/mol. The lowest BCUT2D eigenvalue weighted by Gasteiger charge is -2.08. The largest absolute Gasteiger partial charge is 0.416 e. The number of carbonyl (C=O) groups is 1. The van der Waals surface area contributed by atoms with Gasteiger partial charge < -0.3 is 5.32 Å². The first kappa shape index (κ1) is 14.6. The summed E-state index contributed by atoms with van der Waals surface area (Å²) in [6.45, 7) is 0. The average Bonchev–Trinajstić information content (AvgIpc) is 2.38. The van der Waals surface area contributed by atoms with Crippen molar-refractivity contribution < 1.29 is 18.0 Å². The van der Waals surface area contributed by atoms with Crippen LogP contribution in [0.4, 0.5) is 18.9 Å². The molecule has 1 amide bonds. The van der Waals surface area contributed by atoms with Gasteiger partial charge in [0.05, 0.1) is 5.56 Å². The van der Waals surface area contributed by atoms with E-state index in [1.807, 2.05) is 0 Å². The summed E-state index contributed by atoms with van der Waals surface area (Å²) >= 11 is 3.26. The summed E-state index contributed by atoms with van der Waals surface area (Å²) in [5.74, 6) is -0.461. The highest BCUT2D eigenvalue weighted by Crippen LogP contribution is 2.29. The summed E-state index contributed by atoms with van der Waals surface area (Å²) in [7, 11) is 0. The van der Waals surface area contributed by atoms with E-state index < -0.39 is 17.6 Å². The fourth-order valence-electron chi connectivity index (χ4n) is 1.58.